The van der Waals surface area contributed by atoms with Gasteiger partial charge in [-0.15, -0.1) is 0 Å². The first-order chi connectivity index (χ1) is 13.7. The van der Waals surface area contributed by atoms with Crippen molar-refractivity contribution in [3.8, 4) is 0 Å². The van der Waals surface area contributed by atoms with Crippen LogP contribution in [0, 0.1) is 0 Å². The number of hydrogen-bond donors (Lipinski definition) is 1. The largest absolute Gasteiger partial charge is 0.475 e. The predicted molar refractivity (Wildman–Crippen MR) is 122 cm³/mol. The summed E-state index contributed by atoms with van der Waals surface area (Å²) in [6.07, 6.45) is 0.895. The Morgan fingerprint density at radius 1 is 0.893 bits per heavy atom. The van der Waals surface area contributed by atoms with E-state index in [0.29, 0.717) is 6.61 Å². The number of aliphatic imine (C=N–C) groups is 1. The molecule has 0 bridgehead atoms. The SMILES string of the molecule is Brc1cc(Br)cc(CNc2ccccc2C2=N[C@@H](Cc3ccccc3)CO2)c1. The second-order valence-corrected chi connectivity index (χ2v) is 8.60. The molecule has 142 valence electrons. The van der Waals surface area contributed by atoms with Gasteiger partial charge in [-0.25, -0.2) is 4.99 Å². The summed E-state index contributed by atoms with van der Waals surface area (Å²) >= 11 is 7.09. The van der Waals surface area contributed by atoms with Crippen LogP contribution in [0.4, 0.5) is 5.69 Å². The minimum absolute atomic E-state index is 0.159. The van der Waals surface area contributed by atoms with E-state index in [9.17, 15) is 0 Å². The molecule has 0 radical (unpaired) electrons. The minimum Gasteiger partial charge on any atom is -0.475 e. The number of anilines is 1. The number of rotatable bonds is 6. The molecule has 1 aliphatic rings. The van der Waals surface area contributed by atoms with E-state index < -0.39 is 0 Å². The average Bonchev–Trinajstić information content (AvgIpc) is 3.15. The van der Waals surface area contributed by atoms with Crippen molar-refractivity contribution in [2.45, 2.75) is 19.0 Å². The number of ether oxygens (including phenoxy) is 1. The van der Waals surface area contributed by atoms with Crippen molar-refractivity contribution in [2.24, 2.45) is 4.99 Å². The van der Waals surface area contributed by atoms with Gasteiger partial charge in [0.1, 0.15) is 6.61 Å². The topological polar surface area (TPSA) is 33.6 Å². The van der Waals surface area contributed by atoms with Crippen molar-refractivity contribution < 1.29 is 4.74 Å². The fourth-order valence-electron chi connectivity index (χ4n) is 3.29. The molecular formula is C23H20Br2N2O. The summed E-state index contributed by atoms with van der Waals surface area (Å²) in [4.78, 5) is 4.84. The highest BCUT2D eigenvalue weighted by molar-refractivity contribution is 9.11. The van der Waals surface area contributed by atoms with Gasteiger partial charge >= 0.3 is 0 Å². The Morgan fingerprint density at radius 2 is 1.61 bits per heavy atom. The van der Waals surface area contributed by atoms with Crippen LogP contribution >= 0.6 is 31.9 Å². The summed E-state index contributed by atoms with van der Waals surface area (Å²) in [5.74, 6) is 0.722. The lowest BCUT2D eigenvalue weighted by Gasteiger charge is -2.12. The highest BCUT2D eigenvalue weighted by Gasteiger charge is 2.22. The number of hydrogen-bond acceptors (Lipinski definition) is 3. The summed E-state index contributed by atoms with van der Waals surface area (Å²) < 4.78 is 8.06. The van der Waals surface area contributed by atoms with Crippen LogP contribution in [0.2, 0.25) is 0 Å². The number of halogens is 2. The smallest absolute Gasteiger partial charge is 0.218 e. The molecule has 0 spiro atoms. The molecule has 3 aromatic carbocycles. The highest BCUT2D eigenvalue weighted by atomic mass is 79.9. The van der Waals surface area contributed by atoms with Gasteiger partial charge in [-0.05, 0) is 47.9 Å². The van der Waals surface area contributed by atoms with Crippen molar-refractivity contribution in [1.29, 1.82) is 0 Å². The van der Waals surface area contributed by atoms with Gasteiger partial charge in [-0.3, -0.25) is 0 Å². The van der Waals surface area contributed by atoms with Gasteiger partial charge in [-0.1, -0.05) is 74.3 Å². The molecule has 28 heavy (non-hydrogen) atoms. The summed E-state index contributed by atoms with van der Waals surface area (Å²) in [7, 11) is 0. The first-order valence-corrected chi connectivity index (χ1v) is 10.8. The number of nitrogens with zero attached hydrogens (tertiary/aromatic N) is 1. The van der Waals surface area contributed by atoms with E-state index in [1.165, 1.54) is 11.1 Å². The lowest BCUT2D eigenvalue weighted by atomic mass is 10.1. The van der Waals surface area contributed by atoms with Crippen molar-refractivity contribution in [1.82, 2.24) is 0 Å². The molecule has 1 atom stereocenters. The molecule has 3 aromatic rings. The van der Waals surface area contributed by atoms with Crippen LogP contribution in [0.5, 0.6) is 0 Å². The van der Waals surface area contributed by atoms with Crippen LogP contribution in [0.25, 0.3) is 0 Å². The fraction of sp³-hybridized carbons (Fsp3) is 0.174. The summed E-state index contributed by atoms with van der Waals surface area (Å²) in [5.41, 5.74) is 4.50. The third-order valence-electron chi connectivity index (χ3n) is 4.59. The van der Waals surface area contributed by atoms with Gasteiger partial charge in [0.05, 0.1) is 11.6 Å². The van der Waals surface area contributed by atoms with Crippen LogP contribution in [0.15, 0.2) is 86.7 Å². The summed E-state index contributed by atoms with van der Waals surface area (Å²) in [6, 6.07) is 25.0. The van der Waals surface area contributed by atoms with E-state index in [4.69, 9.17) is 9.73 Å². The minimum atomic E-state index is 0.159. The molecule has 1 N–H and O–H groups in total. The quantitative estimate of drug-likeness (QED) is 0.437. The molecule has 0 aromatic heterocycles. The normalized spacial score (nSPS) is 15.8. The van der Waals surface area contributed by atoms with E-state index in [2.05, 4.69) is 85.7 Å². The zero-order valence-electron chi connectivity index (χ0n) is 15.2. The van der Waals surface area contributed by atoms with E-state index in [0.717, 1.165) is 39.1 Å². The summed E-state index contributed by atoms with van der Waals surface area (Å²) in [6.45, 7) is 1.34. The Bertz CT molecular complexity index is 969. The van der Waals surface area contributed by atoms with Gasteiger partial charge in [0, 0.05) is 21.2 Å². The number of para-hydroxylation sites is 1. The first-order valence-electron chi connectivity index (χ1n) is 9.20. The Balaban J connectivity index is 1.49. The molecule has 1 aliphatic heterocycles. The zero-order chi connectivity index (χ0) is 19.3. The molecule has 1 heterocycles. The second-order valence-electron chi connectivity index (χ2n) is 6.77. The van der Waals surface area contributed by atoms with E-state index in [1.807, 2.05) is 24.3 Å². The van der Waals surface area contributed by atoms with Gasteiger partial charge in [0.25, 0.3) is 0 Å². The summed E-state index contributed by atoms with van der Waals surface area (Å²) in [5, 5.41) is 3.52. The van der Waals surface area contributed by atoms with Gasteiger partial charge in [-0.2, -0.15) is 0 Å². The third-order valence-corrected chi connectivity index (χ3v) is 5.50. The molecular weight excluding hydrogens is 480 g/mol. The zero-order valence-corrected chi connectivity index (χ0v) is 18.4. The molecule has 0 unspecified atom stereocenters. The Hall–Kier alpha value is -2.11. The molecule has 0 aliphatic carbocycles. The molecule has 0 saturated carbocycles. The number of nitrogens with one attached hydrogen (secondary N) is 1. The van der Waals surface area contributed by atoms with Crippen molar-refractivity contribution >= 4 is 43.4 Å². The molecule has 3 nitrogen and oxygen atoms in total. The Kier molecular flexibility index (Phi) is 6.13. The van der Waals surface area contributed by atoms with E-state index >= 15 is 0 Å². The third kappa shape index (κ3) is 4.83. The van der Waals surface area contributed by atoms with Crippen LogP contribution in [-0.4, -0.2) is 18.5 Å². The number of benzene rings is 3. The van der Waals surface area contributed by atoms with E-state index in [-0.39, 0.29) is 6.04 Å². The van der Waals surface area contributed by atoms with Crippen LogP contribution in [0.1, 0.15) is 16.7 Å². The van der Waals surface area contributed by atoms with Crippen LogP contribution in [0.3, 0.4) is 0 Å². The lowest BCUT2D eigenvalue weighted by Crippen LogP contribution is -2.10. The second kappa shape index (κ2) is 8.93. The van der Waals surface area contributed by atoms with Crippen molar-refractivity contribution in [3.63, 3.8) is 0 Å². The maximum atomic E-state index is 5.95. The van der Waals surface area contributed by atoms with Gasteiger partial charge < -0.3 is 10.1 Å². The monoisotopic (exact) mass is 498 g/mol. The van der Waals surface area contributed by atoms with Crippen LogP contribution in [-0.2, 0) is 17.7 Å². The van der Waals surface area contributed by atoms with E-state index in [1.54, 1.807) is 0 Å². The Labute approximate surface area is 182 Å². The van der Waals surface area contributed by atoms with Gasteiger partial charge in [0.15, 0.2) is 0 Å². The van der Waals surface area contributed by atoms with Crippen molar-refractivity contribution in [2.75, 3.05) is 11.9 Å². The first kappa shape index (κ1) is 19.2. The van der Waals surface area contributed by atoms with Crippen LogP contribution < -0.4 is 5.32 Å². The molecule has 0 fully saturated rings. The molecule has 0 amide bonds. The van der Waals surface area contributed by atoms with Crippen molar-refractivity contribution in [3.05, 3.63) is 98.4 Å². The fourth-order valence-corrected chi connectivity index (χ4v) is 4.68. The molecule has 4 rings (SSSR count). The Morgan fingerprint density at radius 3 is 2.39 bits per heavy atom. The predicted octanol–water partition coefficient (Wildman–Crippen LogP) is 6.21. The maximum Gasteiger partial charge on any atom is 0.218 e. The standard InChI is InChI=1S/C23H20Br2N2O/c24-18-10-17(11-19(25)13-18)14-26-22-9-5-4-8-21(22)23-27-20(15-28-23)12-16-6-2-1-3-7-16/h1-11,13,20,26H,12,14-15H2/t20-/m0/s1. The maximum absolute atomic E-state index is 5.95. The van der Waals surface area contributed by atoms with Gasteiger partial charge in [0.2, 0.25) is 5.90 Å². The molecule has 5 heteroatoms. The lowest BCUT2D eigenvalue weighted by molar-refractivity contribution is 0.317. The molecule has 0 saturated heterocycles. The highest BCUT2D eigenvalue weighted by Crippen LogP contribution is 2.24. The average molecular weight is 500 g/mol.